The fraction of sp³-hybridized carbons (Fsp3) is 0.600. The minimum Gasteiger partial charge on any atom is -0.392 e. The maximum Gasteiger partial charge on any atom is 0.218 e. The fourth-order valence-electron chi connectivity index (χ4n) is 2.52. The van der Waals surface area contributed by atoms with E-state index >= 15 is 0 Å². The predicted octanol–water partition coefficient (Wildman–Crippen LogP) is 2.13. The van der Waals surface area contributed by atoms with Crippen LogP contribution in [0.5, 0.6) is 0 Å². The Kier molecular flexibility index (Phi) is 5.18. The summed E-state index contributed by atoms with van der Waals surface area (Å²) in [5.41, 5.74) is 1.49. The van der Waals surface area contributed by atoms with Gasteiger partial charge < -0.3 is 5.11 Å². The number of rotatable bonds is 7. The van der Waals surface area contributed by atoms with Crippen LogP contribution in [0, 0.1) is 5.92 Å². The summed E-state index contributed by atoms with van der Waals surface area (Å²) in [7, 11) is -3.27. The predicted molar refractivity (Wildman–Crippen MR) is 79.6 cm³/mol. The van der Waals surface area contributed by atoms with E-state index in [9.17, 15) is 8.42 Å². The van der Waals surface area contributed by atoms with Crippen molar-refractivity contribution in [1.29, 1.82) is 0 Å². The van der Waals surface area contributed by atoms with E-state index in [4.69, 9.17) is 5.11 Å². The van der Waals surface area contributed by atoms with Crippen LogP contribution in [0.1, 0.15) is 37.3 Å². The van der Waals surface area contributed by atoms with Crippen LogP contribution < -0.4 is 0 Å². The molecule has 0 unspecified atom stereocenters. The zero-order valence-corrected chi connectivity index (χ0v) is 12.8. The van der Waals surface area contributed by atoms with Crippen LogP contribution >= 0.6 is 0 Å². The van der Waals surface area contributed by atoms with Crippen LogP contribution in [-0.2, 0) is 22.4 Å². The van der Waals surface area contributed by atoms with Crippen molar-refractivity contribution in [2.24, 2.45) is 5.92 Å². The van der Waals surface area contributed by atoms with Crippen molar-refractivity contribution >= 4 is 10.0 Å². The molecule has 0 radical (unpaired) electrons. The number of hydrogen-bond acceptors (Lipinski definition) is 3. The van der Waals surface area contributed by atoms with Crippen LogP contribution in [0.25, 0.3) is 0 Å². The average Bonchev–Trinajstić information content (AvgIpc) is 2.37. The molecule has 1 aromatic carbocycles. The van der Waals surface area contributed by atoms with Crippen LogP contribution in [0.4, 0.5) is 0 Å². The normalized spacial score (nSPS) is 16.4. The Labute approximate surface area is 121 Å². The van der Waals surface area contributed by atoms with Gasteiger partial charge in [0.05, 0.1) is 12.4 Å². The molecule has 1 fully saturated rings. The van der Waals surface area contributed by atoms with Gasteiger partial charge in [-0.3, -0.25) is 0 Å². The molecular formula is C15H23NO3S. The zero-order valence-electron chi connectivity index (χ0n) is 12.0. The lowest BCUT2D eigenvalue weighted by atomic mass is 9.85. The Morgan fingerprint density at radius 3 is 2.55 bits per heavy atom. The van der Waals surface area contributed by atoms with Gasteiger partial charge in [-0.15, -0.1) is 0 Å². The first-order valence-corrected chi connectivity index (χ1v) is 8.82. The van der Waals surface area contributed by atoms with Crippen molar-refractivity contribution < 1.29 is 13.5 Å². The second-order valence-electron chi connectivity index (χ2n) is 5.48. The molecule has 0 amide bonds. The minimum absolute atomic E-state index is 0.0153. The molecule has 5 heteroatoms. The molecule has 1 aromatic rings. The summed E-state index contributed by atoms with van der Waals surface area (Å²) in [6.45, 7) is 3.00. The van der Waals surface area contributed by atoms with Crippen LogP contribution in [0.3, 0.4) is 0 Å². The van der Waals surface area contributed by atoms with E-state index in [0.717, 1.165) is 24.0 Å². The Hall–Kier alpha value is -0.910. The molecule has 1 aliphatic carbocycles. The molecular weight excluding hydrogens is 274 g/mol. The topological polar surface area (TPSA) is 57.6 Å². The van der Waals surface area contributed by atoms with E-state index in [2.05, 4.69) is 0 Å². The third kappa shape index (κ3) is 3.81. The van der Waals surface area contributed by atoms with Gasteiger partial charge in [0.1, 0.15) is 0 Å². The Morgan fingerprint density at radius 2 is 2.00 bits per heavy atom. The van der Waals surface area contributed by atoms with E-state index in [-0.39, 0.29) is 12.4 Å². The van der Waals surface area contributed by atoms with Gasteiger partial charge in [0.15, 0.2) is 0 Å². The fourth-order valence-corrected chi connectivity index (χ4v) is 4.14. The van der Waals surface area contributed by atoms with Gasteiger partial charge in [-0.2, -0.15) is 0 Å². The highest BCUT2D eigenvalue weighted by Crippen LogP contribution is 2.28. The van der Waals surface area contributed by atoms with Gasteiger partial charge in [-0.25, -0.2) is 12.7 Å². The summed E-state index contributed by atoms with van der Waals surface area (Å²) < 4.78 is 26.5. The number of nitrogens with zero attached hydrogens (tertiary/aromatic N) is 1. The molecule has 0 bridgehead atoms. The van der Waals surface area contributed by atoms with Crippen LogP contribution in [-0.4, -0.2) is 30.9 Å². The molecule has 0 aliphatic heterocycles. The van der Waals surface area contributed by atoms with Crippen molar-refractivity contribution in [1.82, 2.24) is 4.31 Å². The highest BCUT2D eigenvalue weighted by molar-refractivity contribution is 7.88. The molecule has 4 nitrogen and oxygen atoms in total. The molecule has 0 atom stereocenters. The average molecular weight is 297 g/mol. The summed E-state index contributed by atoms with van der Waals surface area (Å²) in [4.78, 5) is 0. The summed E-state index contributed by atoms with van der Waals surface area (Å²) in [6, 6.07) is 7.14. The van der Waals surface area contributed by atoms with E-state index < -0.39 is 10.0 Å². The molecule has 0 aromatic heterocycles. The van der Waals surface area contributed by atoms with E-state index in [1.54, 1.807) is 28.6 Å². The first-order valence-electron chi connectivity index (χ1n) is 7.21. The number of aliphatic hydroxyl groups excluding tert-OH is 1. The molecule has 0 saturated heterocycles. The van der Waals surface area contributed by atoms with Gasteiger partial charge in [0.2, 0.25) is 10.0 Å². The highest BCUT2D eigenvalue weighted by atomic mass is 32.2. The molecule has 2 rings (SSSR count). The Bertz CT molecular complexity index is 538. The number of hydrogen-bond donors (Lipinski definition) is 1. The third-order valence-electron chi connectivity index (χ3n) is 3.96. The summed E-state index contributed by atoms with van der Waals surface area (Å²) >= 11 is 0. The minimum atomic E-state index is -3.27. The molecule has 0 spiro atoms. The van der Waals surface area contributed by atoms with Gasteiger partial charge in [0.25, 0.3) is 0 Å². The molecule has 112 valence electrons. The lowest BCUT2D eigenvalue weighted by Gasteiger charge is -2.31. The summed E-state index contributed by atoms with van der Waals surface area (Å²) in [5.74, 6) is 0.551. The quantitative estimate of drug-likeness (QED) is 0.839. The van der Waals surface area contributed by atoms with Gasteiger partial charge in [0, 0.05) is 13.1 Å². The SMILES string of the molecule is CCN(CC1CCC1)S(=O)(=O)Cc1cccc(CO)c1. The van der Waals surface area contributed by atoms with Crippen molar-refractivity contribution in [3.8, 4) is 0 Å². The second-order valence-corrected chi connectivity index (χ2v) is 7.45. The largest absolute Gasteiger partial charge is 0.392 e. The van der Waals surface area contributed by atoms with Crippen molar-refractivity contribution in [3.63, 3.8) is 0 Å². The number of benzene rings is 1. The summed E-state index contributed by atoms with van der Waals surface area (Å²) in [5, 5.41) is 9.11. The maximum atomic E-state index is 12.5. The standard InChI is InChI=1S/C15H23NO3S/c1-2-16(10-13-5-3-6-13)20(18,19)12-15-8-4-7-14(9-15)11-17/h4,7-9,13,17H,2-3,5-6,10-12H2,1H3. The van der Waals surface area contributed by atoms with E-state index in [1.165, 1.54) is 6.42 Å². The molecule has 0 heterocycles. The van der Waals surface area contributed by atoms with Crippen molar-refractivity contribution in [3.05, 3.63) is 35.4 Å². The van der Waals surface area contributed by atoms with Gasteiger partial charge >= 0.3 is 0 Å². The lowest BCUT2D eigenvalue weighted by Crippen LogP contribution is -2.37. The molecule has 1 N–H and O–H groups in total. The Balaban J connectivity index is 2.07. The maximum absolute atomic E-state index is 12.5. The van der Waals surface area contributed by atoms with Crippen LogP contribution in [0.15, 0.2) is 24.3 Å². The van der Waals surface area contributed by atoms with Crippen LogP contribution in [0.2, 0.25) is 0 Å². The first-order chi connectivity index (χ1) is 9.55. The Morgan fingerprint density at radius 1 is 1.30 bits per heavy atom. The van der Waals surface area contributed by atoms with Crippen molar-refractivity contribution in [2.75, 3.05) is 13.1 Å². The van der Waals surface area contributed by atoms with Gasteiger partial charge in [-0.05, 0) is 29.9 Å². The molecule has 1 aliphatic rings. The van der Waals surface area contributed by atoms with Gasteiger partial charge in [-0.1, -0.05) is 37.6 Å². The summed E-state index contributed by atoms with van der Waals surface area (Å²) in [6.07, 6.45) is 3.51. The second kappa shape index (κ2) is 6.70. The van der Waals surface area contributed by atoms with E-state index in [1.807, 2.05) is 6.92 Å². The highest BCUT2D eigenvalue weighted by Gasteiger charge is 2.27. The third-order valence-corrected chi connectivity index (χ3v) is 5.85. The smallest absolute Gasteiger partial charge is 0.218 e. The molecule has 20 heavy (non-hydrogen) atoms. The first kappa shape index (κ1) is 15.5. The monoisotopic (exact) mass is 297 g/mol. The number of sulfonamides is 1. The zero-order chi connectivity index (χ0) is 14.6. The number of aliphatic hydroxyl groups is 1. The molecule has 1 saturated carbocycles. The van der Waals surface area contributed by atoms with Crippen molar-refractivity contribution in [2.45, 2.75) is 38.5 Å². The lowest BCUT2D eigenvalue weighted by molar-refractivity contribution is 0.249. The van der Waals surface area contributed by atoms with E-state index in [0.29, 0.717) is 19.0 Å².